The Balaban J connectivity index is -0.0000000436. The van der Waals surface area contributed by atoms with Crippen molar-refractivity contribution in [2.24, 2.45) is 0 Å². The van der Waals surface area contributed by atoms with Gasteiger partial charge in [0.1, 0.15) is 0 Å². The average molecular weight is 246 g/mol. The minimum Gasteiger partial charge on any atom is -0.394 e. The van der Waals surface area contributed by atoms with E-state index in [4.69, 9.17) is 5.11 Å². The molecule has 0 aromatic carbocycles. The summed E-state index contributed by atoms with van der Waals surface area (Å²) in [5.41, 5.74) is 0. The summed E-state index contributed by atoms with van der Waals surface area (Å²) in [5, 5.41) is 8.06. The van der Waals surface area contributed by atoms with Gasteiger partial charge in [-0.3, -0.25) is 6.08 Å². The number of rotatable bonds is 0. The average Bonchev–Trinajstić information content (AvgIpc) is 2.11. The molecule has 1 aliphatic rings. The van der Waals surface area contributed by atoms with E-state index in [9.17, 15) is 0 Å². The largest absolute Gasteiger partial charge is 3.00 e. The first kappa shape index (κ1) is 22.8. The second-order valence-corrected chi connectivity index (χ2v) is 2.10. The zero-order chi connectivity index (χ0) is 7.11. The zero-order valence-corrected chi connectivity index (χ0v) is 10.9. The molecule has 0 atom stereocenters. The van der Waals surface area contributed by atoms with Crippen molar-refractivity contribution in [2.75, 3.05) is 0 Å². The molecule has 0 saturated carbocycles. The predicted octanol–water partition coefficient (Wildman–Crippen LogP) is 2.59. The van der Waals surface area contributed by atoms with E-state index in [2.05, 4.69) is 12.2 Å². The Morgan fingerprint density at radius 1 is 1.33 bits per heavy atom. The minimum absolute atomic E-state index is 0. The van der Waals surface area contributed by atoms with Crippen LogP contribution in [0.1, 0.15) is 20.3 Å². The molecular formula is C10H19OZr. The van der Waals surface area contributed by atoms with Crippen LogP contribution in [0.3, 0.4) is 0 Å². The minimum atomic E-state index is -0.167. The molecule has 0 aromatic heterocycles. The van der Waals surface area contributed by atoms with Crippen molar-refractivity contribution in [3.63, 3.8) is 0 Å². The molecule has 0 aromatic rings. The number of aliphatic hydroxyl groups is 1. The summed E-state index contributed by atoms with van der Waals surface area (Å²) in [6, 6.07) is 0. The first-order valence-corrected chi connectivity index (χ1v) is 3.13. The van der Waals surface area contributed by atoms with Gasteiger partial charge in [0.25, 0.3) is 0 Å². The summed E-state index contributed by atoms with van der Waals surface area (Å²) in [6.45, 7) is 3.44. The molecule has 1 N–H and O–H groups in total. The van der Waals surface area contributed by atoms with Crippen LogP contribution in [0.4, 0.5) is 0 Å². The summed E-state index contributed by atoms with van der Waals surface area (Å²) in [5.74, 6) is 0. The van der Waals surface area contributed by atoms with Gasteiger partial charge < -0.3 is 20.0 Å². The number of aliphatic hydroxyl groups excluding tert-OH is 1. The van der Waals surface area contributed by atoms with E-state index >= 15 is 0 Å². The molecule has 0 unspecified atom stereocenters. The molecule has 1 aliphatic carbocycles. The smallest absolute Gasteiger partial charge is 0.394 e. The van der Waals surface area contributed by atoms with Gasteiger partial charge in [-0.25, -0.2) is 12.2 Å². The van der Waals surface area contributed by atoms with E-state index in [0.29, 0.717) is 0 Å². The Morgan fingerprint density at radius 3 is 1.83 bits per heavy atom. The Kier molecular flexibility index (Phi) is 33.1. The van der Waals surface area contributed by atoms with Gasteiger partial charge >= 0.3 is 26.2 Å². The summed E-state index contributed by atoms with van der Waals surface area (Å²) < 4.78 is 0. The Morgan fingerprint density at radius 2 is 1.75 bits per heavy atom. The molecule has 1 nitrogen and oxygen atoms in total. The fraction of sp³-hybridized carbons (Fsp3) is 0.400. The Labute approximate surface area is 96.7 Å². The SMILES string of the molecule is CC(C)O.[C-]1=CC=CC1.[CH3-].[CH3-].[Zr+3]. The molecule has 12 heavy (non-hydrogen) atoms. The van der Waals surface area contributed by atoms with Gasteiger partial charge in [-0.15, -0.1) is 6.42 Å². The van der Waals surface area contributed by atoms with Crippen molar-refractivity contribution in [3.8, 4) is 0 Å². The van der Waals surface area contributed by atoms with Crippen LogP contribution in [-0.4, -0.2) is 11.2 Å². The molecule has 0 amide bonds. The van der Waals surface area contributed by atoms with Crippen LogP contribution in [0.15, 0.2) is 18.2 Å². The number of hydrogen-bond donors (Lipinski definition) is 1. The molecule has 0 aliphatic heterocycles. The zero-order valence-electron chi connectivity index (χ0n) is 8.46. The summed E-state index contributed by atoms with van der Waals surface area (Å²) in [7, 11) is 0. The van der Waals surface area contributed by atoms with Crippen molar-refractivity contribution < 1.29 is 31.3 Å². The van der Waals surface area contributed by atoms with Gasteiger partial charge in [0.05, 0.1) is 0 Å². The van der Waals surface area contributed by atoms with E-state index in [-0.39, 0.29) is 47.2 Å². The van der Waals surface area contributed by atoms with E-state index in [1.54, 1.807) is 13.8 Å². The molecule has 2 heteroatoms. The van der Waals surface area contributed by atoms with Crippen molar-refractivity contribution in [3.05, 3.63) is 39.2 Å². The van der Waals surface area contributed by atoms with Crippen molar-refractivity contribution >= 4 is 0 Å². The summed E-state index contributed by atoms with van der Waals surface area (Å²) >= 11 is 0. The second-order valence-electron chi connectivity index (χ2n) is 2.10. The van der Waals surface area contributed by atoms with E-state index < -0.39 is 0 Å². The summed E-state index contributed by atoms with van der Waals surface area (Å²) in [6.07, 6.45) is 9.83. The van der Waals surface area contributed by atoms with Gasteiger partial charge in [-0.2, -0.15) is 6.08 Å². The third-order valence-electron chi connectivity index (χ3n) is 0.586. The van der Waals surface area contributed by atoms with Crippen molar-refractivity contribution in [1.29, 1.82) is 0 Å². The predicted molar refractivity (Wildman–Crippen MR) is 51.8 cm³/mol. The molecule has 1 radical (unpaired) electrons. The Hall–Kier alpha value is 0.323. The summed E-state index contributed by atoms with van der Waals surface area (Å²) in [4.78, 5) is 0. The van der Waals surface area contributed by atoms with Crippen LogP contribution in [0.2, 0.25) is 0 Å². The van der Waals surface area contributed by atoms with Crippen LogP contribution < -0.4 is 0 Å². The molecular weight excluding hydrogens is 227 g/mol. The van der Waals surface area contributed by atoms with Crippen LogP contribution in [0.5, 0.6) is 0 Å². The fourth-order valence-electron chi connectivity index (χ4n) is 0.340. The van der Waals surface area contributed by atoms with E-state index in [1.807, 2.05) is 12.2 Å². The normalized spacial score (nSPS) is 10.3. The molecule has 0 fully saturated rings. The third kappa shape index (κ3) is 31.7. The topological polar surface area (TPSA) is 20.2 Å². The maximum atomic E-state index is 8.06. The van der Waals surface area contributed by atoms with Gasteiger partial charge in [-0.1, -0.05) is 0 Å². The molecule has 0 spiro atoms. The van der Waals surface area contributed by atoms with Gasteiger partial charge in [0, 0.05) is 6.10 Å². The first-order valence-electron chi connectivity index (χ1n) is 3.13. The first-order chi connectivity index (χ1) is 4.23. The second kappa shape index (κ2) is 17.4. The number of allylic oxidation sites excluding steroid dienone is 4. The fourth-order valence-corrected chi connectivity index (χ4v) is 0.340. The third-order valence-corrected chi connectivity index (χ3v) is 0.586. The van der Waals surface area contributed by atoms with Crippen molar-refractivity contribution in [2.45, 2.75) is 26.4 Å². The standard InChI is InChI=1S/C5H5.C3H8O.2CH3.Zr/c1-2-4-5-3-1;1-3(2)4;;;/h1-3H,4H2;3-4H,1-2H3;2*1H3;/q-1;;2*-1;+3. The maximum absolute atomic E-state index is 8.06. The van der Waals surface area contributed by atoms with Crippen molar-refractivity contribution in [1.82, 2.24) is 0 Å². The molecule has 0 bridgehead atoms. The van der Waals surface area contributed by atoms with Crippen LogP contribution in [0, 0.1) is 20.9 Å². The van der Waals surface area contributed by atoms with E-state index in [0.717, 1.165) is 6.42 Å². The number of hydrogen-bond acceptors (Lipinski definition) is 1. The van der Waals surface area contributed by atoms with Gasteiger partial charge in [-0.05, 0) is 13.8 Å². The molecule has 69 valence electrons. The van der Waals surface area contributed by atoms with Crippen LogP contribution >= 0.6 is 0 Å². The van der Waals surface area contributed by atoms with Gasteiger partial charge in [0.2, 0.25) is 0 Å². The molecule has 0 saturated heterocycles. The molecule has 1 rings (SSSR count). The van der Waals surface area contributed by atoms with E-state index in [1.165, 1.54) is 0 Å². The Bertz CT molecular complexity index is 93.7. The maximum Gasteiger partial charge on any atom is 3.00 e. The quantitative estimate of drug-likeness (QED) is 0.652. The monoisotopic (exact) mass is 245 g/mol. The van der Waals surface area contributed by atoms with Gasteiger partial charge in [0.15, 0.2) is 0 Å². The van der Waals surface area contributed by atoms with Crippen LogP contribution in [0.25, 0.3) is 0 Å². The van der Waals surface area contributed by atoms with Crippen LogP contribution in [-0.2, 0) is 26.2 Å². The molecule has 0 heterocycles.